The summed E-state index contributed by atoms with van der Waals surface area (Å²) < 4.78 is 1.20. The molecule has 3 rings (SSSR count). The van der Waals surface area contributed by atoms with Gasteiger partial charge in [0.25, 0.3) is 0 Å². The topological polar surface area (TPSA) is 24.9 Å². The number of thiazole rings is 1. The summed E-state index contributed by atoms with van der Waals surface area (Å²) in [5.74, 6) is 0.861. The van der Waals surface area contributed by atoms with Crippen molar-refractivity contribution in [2.45, 2.75) is 45.1 Å². The Labute approximate surface area is 123 Å². The molecule has 1 aromatic heterocycles. The molecule has 0 spiro atoms. The highest BCUT2D eigenvalue weighted by Gasteiger charge is 2.22. The van der Waals surface area contributed by atoms with E-state index in [4.69, 9.17) is 11.6 Å². The van der Waals surface area contributed by atoms with E-state index >= 15 is 0 Å². The van der Waals surface area contributed by atoms with Crippen LogP contribution >= 0.6 is 22.9 Å². The predicted molar refractivity (Wildman–Crippen MR) is 84.3 cm³/mol. The van der Waals surface area contributed by atoms with Crippen LogP contribution in [-0.2, 0) is 0 Å². The second-order valence-corrected chi connectivity index (χ2v) is 6.70. The zero-order chi connectivity index (χ0) is 13.2. The van der Waals surface area contributed by atoms with Gasteiger partial charge in [-0.2, -0.15) is 0 Å². The number of aromatic nitrogens is 1. The van der Waals surface area contributed by atoms with Gasteiger partial charge in [0, 0.05) is 6.04 Å². The third kappa shape index (κ3) is 2.72. The van der Waals surface area contributed by atoms with Gasteiger partial charge in [0.2, 0.25) is 0 Å². The van der Waals surface area contributed by atoms with Crippen molar-refractivity contribution in [1.82, 2.24) is 4.98 Å². The summed E-state index contributed by atoms with van der Waals surface area (Å²) in [5, 5.41) is 4.44. The molecular formula is C15H19ClN2S. The number of halogens is 1. The monoisotopic (exact) mass is 294 g/mol. The Morgan fingerprint density at radius 1 is 1.42 bits per heavy atom. The summed E-state index contributed by atoms with van der Waals surface area (Å²) >= 11 is 8.02. The molecule has 0 amide bonds. The van der Waals surface area contributed by atoms with Crippen LogP contribution in [0.15, 0.2) is 17.6 Å². The van der Waals surface area contributed by atoms with Crippen molar-refractivity contribution in [3.63, 3.8) is 0 Å². The van der Waals surface area contributed by atoms with Crippen molar-refractivity contribution in [1.29, 1.82) is 0 Å². The largest absolute Gasteiger partial charge is 0.379 e. The van der Waals surface area contributed by atoms with Crippen molar-refractivity contribution in [2.24, 2.45) is 5.92 Å². The van der Waals surface area contributed by atoms with Crippen LogP contribution in [0.5, 0.6) is 0 Å². The molecule has 1 saturated carbocycles. The Kier molecular flexibility index (Phi) is 3.94. The van der Waals surface area contributed by atoms with Crippen LogP contribution < -0.4 is 5.32 Å². The summed E-state index contributed by atoms with van der Waals surface area (Å²) in [7, 11) is 0. The smallest absolute Gasteiger partial charge is 0.106 e. The van der Waals surface area contributed by atoms with E-state index in [1.165, 1.54) is 36.8 Å². The average Bonchev–Trinajstić information content (AvgIpc) is 2.91. The summed E-state index contributed by atoms with van der Waals surface area (Å²) in [4.78, 5) is 4.46. The normalized spacial score (nSPS) is 23.7. The first-order valence-electron chi connectivity index (χ1n) is 7.06. The molecule has 0 bridgehead atoms. The van der Waals surface area contributed by atoms with Crippen LogP contribution in [-0.4, -0.2) is 11.0 Å². The standard InChI is InChI=1S/C15H19ClN2S/c1-2-10-4-3-5-11(8-10)18-14-12(16)6-7-13-15(14)17-9-19-13/h6-7,9-11,18H,2-5,8H2,1H3. The molecule has 2 aromatic rings. The van der Waals surface area contributed by atoms with Gasteiger partial charge in [-0.3, -0.25) is 0 Å². The number of rotatable bonds is 3. The van der Waals surface area contributed by atoms with Crippen molar-refractivity contribution in [2.75, 3.05) is 5.32 Å². The zero-order valence-electron chi connectivity index (χ0n) is 11.2. The van der Waals surface area contributed by atoms with Gasteiger partial charge in [-0.1, -0.05) is 37.8 Å². The fourth-order valence-electron chi connectivity index (χ4n) is 3.04. The van der Waals surface area contributed by atoms with Crippen LogP contribution in [0, 0.1) is 5.92 Å². The molecule has 0 radical (unpaired) electrons. The molecule has 2 unspecified atom stereocenters. The molecule has 1 aromatic carbocycles. The molecule has 102 valence electrons. The molecule has 19 heavy (non-hydrogen) atoms. The lowest BCUT2D eigenvalue weighted by Gasteiger charge is -2.30. The van der Waals surface area contributed by atoms with Gasteiger partial charge >= 0.3 is 0 Å². The third-order valence-electron chi connectivity index (χ3n) is 4.16. The summed E-state index contributed by atoms with van der Waals surface area (Å²) in [5.41, 5.74) is 3.94. The highest BCUT2D eigenvalue weighted by Crippen LogP contribution is 2.35. The fourth-order valence-corrected chi connectivity index (χ4v) is 3.93. The SMILES string of the molecule is CCC1CCCC(Nc2c(Cl)ccc3scnc23)C1. The van der Waals surface area contributed by atoms with E-state index < -0.39 is 0 Å². The van der Waals surface area contributed by atoms with E-state index in [2.05, 4.69) is 23.3 Å². The molecule has 2 atom stereocenters. The molecule has 1 aliphatic rings. The summed E-state index contributed by atoms with van der Waals surface area (Å²) in [6, 6.07) is 4.57. The lowest BCUT2D eigenvalue weighted by atomic mass is 9.84. The molecule has 1 N–H and O–H groups in total. The van der Waals surface area contributed by atoms with Gasteiger partial charge in [0.1, 0.15) is 5.52 Å². The minimum Gasteiger partial charge on any atom is -0.379 e. The Balaban J connectivity index is 1.84. The zero-order valence-corrected chi connectivity index (χ0v) is 12.7. The van der Waals surface area contributed by atoms with Crippen LogP contribution in [0.3, 0.4) is 0 Å². The highest BCUT2D eigenvalue weighted by molar-refractivity contribution is 7.16. The number of fused-ring (bicyclic) bond motifs is 1. The van der Waals surface area contributed by atoms with E-state index in [0.29, 0.717) is 6.04 Å². The quantitative estimate of drug-likeness (QED) is 0.827. The van der Waals surface area contributed by atoms with Crippen LogP contribution in [0.2, 0.25) is 5.02 Å². The number of nitrogens with one attached hydrogen (secondary N) is 1. The van der Waals surface area contributed by atoms with Crippen LogP contribution in [0.1, 0.15) is 39.0 Å². The minimum absolute atomic E-state index is 0.545. The molecule has 2 nitrogen and oxygen atoms in total. The summed E-state index contributed by atoms with van der Waals surface area (Å²) in [6.07, 6.45) is 6.48. The maximum absolute atomic E-state index is 6.35. The highest BCUT2D eigenvalue weighted by atomic mass is 35.5. The molecule has 4 heteroatoms. The maximum atomic E-state index is 6.35. The Morgan fingerprint density at radius 3 is 3.16 bits per heavy atom. The minimum atomic E-state index is 0.545. The molecule has 0 saturated heterocycles. The molecule has 1 aliphatic carbocycles. The molecule has 1 fully saturated rings. The Hall–Kier alpha value is -0.800. The number of anilines is 1. The molecular weight excluding hydrogens is 276 g/mol. The maximum Gasteiger partial charge on any atom is 0.106 e. The van der Waals surface area contributed by atoms with Gasteiger partial charge in [-0.05, 0) is 30.9 Å². The van der Waals surface area contributed by atoms with E-state index in [1.807, 2.05) is 11.6 Å². The van der Waals surface area contributed by atoms with Gasteiger partial charge in [-0.25, -0.2) is 4.98 Å². The van der Waals surface area contributed by atoms with Crippen molar-refractivity contribution < 1.29 is 0 Å². The van der Waals surface area contributed by atoms with Gasteiger partial charge in [0.05, 0.1) is 20.9 Å². The Bertz CT molecular complexity index is 566. The van der Waals surface area contributed by atoms with Gasteiger partial charge in [0.15, 0.2) is 0 Å². The van der Waals surface area contributed by atoms with E-state index in [9.17, 15) is 0 Å². The van der Waals surface area contributed by atoms with Crippen molar-refractivity contribution in [3.8, 4) is 0 Å². The number of hydrogen-bond acceptors (Lipinski definition) is 3. The first kappa shape index (κ1) is 13.2. The lowest BCUT2D eigenvalue weighted by molar-refractivity contribution is 0.327. The number of nitrogens with zero attached hydrogens (tertiary/aromatic N) is 1. The number of benzene rings is 1. The van der Waals surface area contributed by atoms with Crippen molar-refractivity contribution >= 4 is 38.8 Å². The summed E-state index contributed by atoms with van der Waals surface area (Å²) in [6.45, 7) is 2.29. The van der Waals surface area contributed by atoms with E-state index in [0.717, 1.165) is 22.1 Å². The Morgan fingerprint density at radius 2 is 2.32 bits per heavy atom. The number of hydrogen-bond donors (Lipinski definition) is 1. The van der Waals surface area contributed by atoms with Gasteiger partial charge in [-0.15, -0.1) is 11.3 Å². The fraction of sp³-hybridized carbons (Fsp3) is 0.533. The third-order valence-corrected chi connectivity index (χ3v) is 5.27. The van der Waals surface area contributed by atoms with E-state index in [-0.39, 0.29) is 0 Å². The van der Waals surface area contributed by atoms with E-state index in [1.54, 1.807) is 11.3 Å². The van der Waals surface area contributed by atoms with Crippen molar-refractivity contribution in [3.05, 3.63) is 22.7 Å². The molecule has 0 aliphatic heterocycles. The lowest BCUT2D eigenvalue weighted by Crippen LogP contribution is -2.27. The first-order valence-corrected chi connectivity index (χ1v) is 8.32. The molecule has 1 heterocycles. The second kappa shape index (κ2) is 5.68. The predicted octanol–water partition coefficient (Wildman–Crippen LogP) is 5.33. The first-order chi connectivity index (χ1) is 9.28. The second-order valence-electron chi connectivity index (χ2n) is 5.40. The van der Waals surface area contributed by atoms with Crippen LogP contribution in [0.4, 0.5) is 5.69 Å². The van der Waals surface area contributed by atoms with Gasteiger partial charge < -0.3 is 5.32 Å². The van der Waals surface area contributed by atoms with Crippen LogP contribution in [0.25, 0.3) is 10.2 Å². The average molecular weight is 295 g/mol.